The van der Waals surface area contributed by atoms with E-state index in [-0.39, 0.29) is 18.6 Å². The van der Waals surface area contributed by atoms with Crippen molar-refractivity contribution in [3.8, 4) is 0 Å². The number of rotatable bonds is 6. The summed E-state index contributed by atoms with van der Waals surface area (Å²) in [6, 6.07) is 0.0196. The molecule has 2 aromatic heterocycles. The largest absolute Gasteiger partial charge is 0.396 e. The molecule has 0 aromatic carbocycles. The number of carbonyl (C=O) groups excluding carboxylic acids is 1. The van der Waals surface area contributed by atoms with Gasteiger partial charge in [0, 0.05) is 29.9 Å². The van der Waals surface area contributed by atoms with Crippen molar-refractivity contribution in [2.24, 2.45) is 5.92 Å². The number of hydrogen-bond donors (Lipinski definition) is 2. The van der Waals surface area contributed by atoms with Crippen LogP contribution in [0.2, 0.25) is 0 Å². The average molecular weight is 295 g/mol. The van der Waals surface area contributed by atoms with Crippen molar-refractivity contribution < 1.29 is 9.90 Å². The summed E-state index contributed by atoms with van der Waals surface area (Å²) >= 11 is 1.54. The molecule has 1 amide bonds. The Morgan fingerprint density at radius 2 is 2.30 bits per heavy atom. The molecule has 0 aliphatic rings. The molecule has 110 valence electrons. The fraction of sp³-hybridized carbons (Fsp3) is 0.571. The lowest BCUT2D eigenvalue weighted by atomic mass is 10.0. The van der Waals surface area contributed by atoms with Crippen molar-refractivity contribution in [1.29, 1.82) is 0 Å². The molecule has 0 saturated heterocycles. The number of amides is 1. The van der Waals surface area contributed by atoms with E-state index in [0.717, 1.165) is 16.3 Å². The highest BCUT2D eigenvalue weighted by molar-refractivity contribution is 7.15. The normalized spacial score (nSPS) is 13.1. The number of thiazole rings is 1. The molecular formula is C14H21N3O2S. The molecule has 0 aliphatic heterocycles. The monoisotopic (exact) mass is 295 g/mol. The highest BCUT2D eigenvalue weighted by Crippen LogP contribution is 2.17. The zero-order valence-electron chi connectivity index (χ0n) is 12.1. The molecule has 0 spiro atoms. The third-order valence-electron chi connectivity index (χ3n) is 3.34. The van der Waals surface area contributed by atoms with E-state index in [0.29, 0.717) is 18.8 Å². The van der Waals surface area contributed by atoms with Gasteiger partial charge in [-0.1, -0.05) is 13.8 Å². The summed E-state index contributed by atoms with van der Waals surface area (Å²) in [5, 5.41) is 14.0. The number of aryl methyl sites for hydroxylation is 1. The zero-order valence-corrected chi connectivity index (χ0v) is 12.9. The van der Waals surface area contributed by atoms with E-state index in [2.05, 4.69) is 10.3 Å². The molecule has 1 unspecified atom stereocenters. The molecule has 2 aromatic rings. The molecule has 2 heterocycles. The molecule has 20 heavy (non-hydrogen) atoms. The van der Waals surface area contributed by atoms with Crippen LogP contribution in [0.15, 0.2) is 11.6 Å². The van der Waals surface area contributed by atoms with Gasteiger partial charge >= 0.3 is 0 Å². The van der Waals surface area contributed by atoms with Crippen molar-refractivity contribution in [3.05, 3.63) is 23.0 Å². The van der Waals surface area contributed by atoms with Crippen molar-refractivity contribution in [3.63, 3.8) is 0 Å². The van der Waals surface area contributed by atoms with Crippen LogP contribution in [0.3, 0.4) is 0 Å². The molecule has 6 heteroatoms. The van der Waals surface area contributed by atoms with Crippen LogP contribution >= 0.6 is 11.3 Å². The van der Waals surface area contributed by atoms with E-state index in [1.54, 1.807) is 11.3 Å². The number of imidazole rings is 1. The van der Waals surface area contributed by atoms with E-state index < -0.39 is 0 Å². The van der Waals surface area contributed by atoms with Crippen LogP contribution in [0.5, 0.6) is 0 Å². The summed E-state index contributed by atoms with van der Waals surface area (Å²) in [6.07, 6.45) is 2.87. The summed E-state index contributed by atoms with van der Waals surface area (Å²) in [5.74, 6) is 0.298. The molecule has 0 radical (unpaired) electrons. The standard InChI is InChI=1S/C14H21N3O2S/c1-9(2)12(4-5-18)16-13(19)6-11-8-20-14-15-10(3)7-17(11)14/h7-9,12,18H,4-6H2,1-3H3,(H,16,19). The number of aliphatic hydroxyl groups excluding tert-OH is 1. The number of aromatic nitrogens is 2. The predicted molar refractivity (Wildman–Crippen MR) is 80.0 cm³/mol. The van der Waals surface area contributed by atoms with Gasteiger partial charge in [-0.2, -0.15) is 0 Å². The molecule has 2 rings (SSSR count). The Kier molecular flexibility index (Phi) is 4.77. The van der Waals surface area contributed by atoms with Gasteiger partial charge in [0.15, 0.2) is 4.96 Å². The van der Waals surface area contributed by atoms with Crippen LogP contribution in [0.25, 0.3) is 4.96 Å². The Morgan fingerprint density at radius 1 is 1.55 bits per heavy atom. The summed E-state index contributed by atoms with van der Waals surface area (Å²) in [6.45, 7) is 6.12. The van der Waals surface area contributed by atoms with E-state index in [1.165, 1.54) is 0 Å². The second-order valence-corrected chi connectivity index (χ2v) is 6.21. The van der Waals surface area contributed by atoms with Crippen molar-refractivity contribution in [2.45, 2.75) is 39.7 Å². The predicted octanol–water partition coefficient (Wildman–Crippen LogP) is 1.77. The average Bonchev–Trinajstić information content (AvgIpc) is 2.89. The van der Waals surface area contributed by atoms with Crippen LogP contribution in [-0.2, 0) is 11.2 Å². The highest BCUT2D eigenvalue weighted by atomic mass is 32.1. The van der Waals surface area contributed by atoms with Crippen molar-refractivity contribution in [2.75, 3.05) is 6.61 Å². The molecule has 2 N–H and O–H groups in total. The number of fused-ring (bicyclic) bond motifs is 1. The van der Waals surface area contributed by atoms with Gasteiger partial charge in [-0.3, -0.25) is 9.20 Å². The maximum Gasteiger partial charge on any atom is 0.226 e. The lowest BCUT2D eigenvalue weighted by Gasteiger charge is -2.21. The first-order valence-corrected chi connectivity index (χ1v) is 7.71. The van der Waals surface area contributed by atoms with Crippen LogP contribution in [0.1, 0.15) is 31.7 Å². The Bertz CT molecular complexity index is 588. The SMILES string of the molecule is Cc1cn2c(CC(=O)NC(CCO)C(C)C)csc2n1. The number of aliphatic hydroxyl groups is 1. The van der Waals surface area contributed by atoms with Gasteiger partial charge in [0.05, 0.1) is 12.1 Å². The maximum atomic E-state index is 12.1. The molecule has 1 atom stereocenters. The van der Waals surface area contributed by atoms with E-state index in [1.807, 2.05) is 36.7 Å². The highest BCUT2D eigenvalue weighted by Gasteiger charge is 2.17. The van der Waals surface area contributed by atoms with Gasteiger partial charge in [0.1, 0.15) is 0 Å². The first-order valence-electron chi connectivity index (χ1n) is 6.83. The molecule has 0 aliphatic carbocycles. The fourth-order valence-electron chi connectivity index (χ4n) is 2.20. The van der Waals surface area contributed by atoms with Gasteiger partial charge in [0.25, 0.3) is 0 Å². The summed E-state index contributed by atoms with van der Waals surface area (Å²) in [4.78, 5) is 17.4. The van der Waals surface area contributed by atoms with Gasteiger partial charge in [-0.25, -0.2) is 4.98 Å². The second kappa shape index (κ2) is 6.37. The summed E-state index contributed by atoms with van der Waals surface area (Å²) in [5.41, 5.74) is 1.91. The molecule has 0 fully saturated rings. The third kappa shape index (κ3) is 3.37. The molecule has 0 saturated carbocycles. The van der Waals surface area contributed by atoms with Gasteiger partial charge in [-0.05, 0) is 19.3 Å². The molecule has 0 bridgehead atoms. The maximum absolute atomic E-state index is 12.1. The number of nitrogens with one attached hydrogen (secondary N) is 1. The van der Waals surface area contributed by atoms with Crippen LogP contribution in [-0.4, -0.2) is 33.0 Å². The minimum Gasteiger partial charge on any atom is -0.396 e. The van der Waals surface area contributed by atoms with E-state index in [4.69, 9.17) is 5.11 Å². The quantitative estimate of drug-likeness (QED) is 0.853. The van der Waals surface area contributed by atoms with Crippen LogP contribution < -0.4 is 5.32 Å². The van der Waals surface area contributed by atoms with Gasteiger partial charge < -0.3 is 10.4 Å². The minimum absolute atomic E-state index is 0.0109. The topological polar surface area (TPSA) is 66.6 Å². The lowest BCUT2D eigenvalue weighted by molar-refractivity contribution is -0.121. The fourth-order valence-corrected chi connectivity index (χ4v) is 3.12. The third-order valence-corrected chi connectivity index (χ3v) is 4.23. The Labute approximate surface area is 122 Å². The van der Waals surface area contributed by atoms with Crippen molar-refractivity contribution in [1.82, 2.24) is 14.7 Å². The number of carbonyl (C=O) groups is 1. The molecule has 5 nitrogen and oxygen atoms in total. The molecular weight excluding hydrogens is 274 g/mol. The van der Waals surface area contributed by atoms with E-state index in [9.17, 15) is 4.79 Å². The Hall–Kier alpha value is -1.40. The number of hydrogen-bond acceptors (Lipinski definition) is 4. The second-order valence-electron chi connectivity index (χ2n) is 5.37. The number of nitrogens with zero attached hydrogens (tertiary/aromatic N) is 2. The zero-order chi connectivity index (χ0) is 14.7. The van der Waals surface area contributed by atoms with Crippen LogP contribution in [0.4, 0.5) is 0 Å². The summed E-state index contributed by atoms with van der Waals surface area (Å²) in [7, 11) is 0. The van der Waals surface area contributed by atoms with Crippen LogP contribution in [0, 0.1) is 12.8 Å². The summed E-state index contributed by atoms with van der Waals surface area (Å²) < 4.78 is 1.97. The smallest absolute Gasteiger partial charge is 0.226 e. The Morgan fingerprint density at radius 3 is 2.95 bits per heavy atom. The van der Waals surface area contributed by atoms with E-state index >= 15 is 0 Å². The lowest BCUT2D eigenvalue weighted by Crippen LogP contribution is -2.40. The van der Waals surface area contributed by atoms with Crippen molar-refractivity contribution >= 4 is 22.2 Å². The van der Waals surface area contributed by atoms with Gasteiger partial charge in [0.2, 0.25) is 5.91 Å². The van der Waals surface area contributed by atoms with Gasteiger partial charge in [-0.15, -0.1) is 11.3 Å². The first kappa shape index (κ1) is 15.0. The minimum atomic E-state index is -0.0109. The Balaban J connectivity index is 2.03. The first-order chi connectivity index (χ1) is 9.51.